The van der Waals surface area contributed by atoms with Crippen LogP contribution in [0.25, 0.3) is 10.8 Å². The van der Waals surface area contributed by atoms with Gasteiger partial charge in [0.05, 0.1) is 6.10 Å². The number of rotatable bonds is 5. The van der Waals surface area contributed by atoms with E-state index in [2.05, 4.69) is 0 Å². The van der Waals surface area contributed by atoms with Crippen molar-refractivity contribution in [2.75, 3.05) is 14.2 Å². The summed E-state index contributed by atoms with van der Waals surface area (Å²) >= 11 is 0. The molecule has 0 heterocycles. The van der Waals surface area contributed by atoms with E-state index in [1.165, 1.54) is 0 Å². The number of methoxy groups -OCH3 is 2. The van der Waals surface area contributed by atoms with Gasteiger partial charge in [-0.05, 0) is 16.3 Å². The molecular weight excluding hydrogens is 228 g/mol. The molecule has 3 heteroatoms. The van der Waals surface area contributed by atoms with Gasteiger partial charge >= 0.3 is 0 Å². The molecule has 0 radical (unpaired) electrons. The van der Waals surface area contributed by atoms with Crippen LogP contribution in [-0.4, -0.2) is 25.6 Å². The van der Waals surface area contributed by atoms with Crippen molar-refractivity contribution in [3.05, 3.63) is 48.0 Å². The van der Waals surface area contributed by atoms with Gasteiger partial charge in [0.1, 0.15) is 0 Å². The zero-order chi connectivity index (χ0) is 13.0. The molecule has 0 aliphatic carbocycles. The second-order valence-corrected chi connectivity index (χ2v) is 4.22. The molecule has 0 bridgehead atoms. The number of aliphatic hydroxyl groups excluding tert-OH is 1. The Balaban J connectivity index is 2.30. The van der Waals surface area contributed by atoms with E-state index in [4.69, 9.17) is 9.47 Å². The molecule has 0 saturated carbocycles. The van der Waals surface area contributed by atoms with E-state index in [1.54, 1.807) is 14.2 Å². The van der Waals surface area contributed by atoms with Crippen molar-refractivity contribution >= 4 is 10.8 Å². The number of hydrogen-bond donors (Lipinski definition) is 1. The fourth-order valence-corrected chi connectivity index (χ4v) is 2.14. The molecule has 0 unspecified atom stereocenters. The largest absolute Gasteiger partial charge is 0.388 e. The molecule has 2 rings (SSSR count). The summed E-state index contributed by atoms with van der Waals surface area (Å²) in [4.78, 5) is 0. The van der Waals surface area contributed by atoms with Crippen LogP contribution in [-0.2, 0) is 9.47 Å². The SMILES string of the molecule is COC(C[C@@H](O)c1cccc2ccccc12)OC. The number of ether oxygens (including phenoxy) is 2. The highest BCUT2D eigenvalue weighted by molar-refractivity contribution is 5.85. The Hall–Kier alpha value is -1.42. The maximum Gasteiger partial charge on any atom is 0.159 e. The monoisotopic (exact) mass is 246 g/mol. The summed E-state index contributed by atoms with van der Waals surface area (Å²) in [6.45, 7) is 0. The summed E-state index contributed by atoms with van der Waals surface area (Å²) in [5, 5.41) is 12.5. The van der Waals surface area contributed by atoms with E-state index in [0.29, 0.717) is 6.42 Å². The first-order valence-electron chi connectivity index (χ1n) is 5.97. The third-order valence-corrected chi connectivity index (χ3v) is 3.12. The van der Waals surface area contributed by atoms with Gasteiger partial charge in [-0.15, -0.1) is 0 Å². The van der Waals surface area contributed by atoms with Gasteiger partial charge in [0, 0.05) is 20.6 Å². The summed E-state index contributed by atoms with van der Waals surface area (Å²) in [7, 11) is 3.15. The van der Waals surface area contributed by atoms with Crippen molar-refractivity contribution in [3.8, 4) is 0 Å². The van der Waals surface area contributed by atoms with Crippen LogP contribution in [0.4, 0.5) is 0 Å². The smallest absolute Gasteiger partial charge is 0.159 e. The molecule has 18 heavy (non-hydrogen) atoms. The first kappa shape index (κ1) is 13.0. The molecule has 0 spiro atoms. The van der Waals surface area contributed by atoms with Gasteiger partial charge in [0.25, 0.3) is 0 Å². The van der Waals surface area contributed by atoms with Crippen LogP contribution in [0.15, 0.2) is 42.5 Å². The van der Waals surface area contributed by atoms with Crippen molar-refractivity contribution in [1.29, 1.82) is 0 Å². The van der Waals surface area contributed by atoms with E-state index < -0.39 is 6.10 Å². The fourth-order valence-electron chi connectivity index (χ4n) is 2.14. The fraction of sp³-hybridized carbons (Fsp3) is 0.333. The highest BCUT2D eigenvalue weighted by Gasteiger charge is 2.16. The van der Waals surface area contributed by atoms with Gasteiger partial charge in [-0.25, -0.2) is 0 Å². The van der Waals surface area contributed by atoms with E-state index >= 15 is 0 Å². The summed E-state index contributed by atoms with van der Waals surface area (Å²) in [6, 6.07) is 14.0. The van der Waals surface area contributed by atoms with Crippen molar-refractivity contribution in [2.24, 2.45) is 0 Å². The molecule has 0 aliphatic rings. The van der Waals surface area contributed by atoms with Crippen LogP contribution in [0.1, 0.15) is 18.1 Å². The van der Waals surface area contributed by atoms with Gasteiger partial charge in [0.15, 0.2) is 6.29 Å². The van der Waals surface area contributed by atoms with Crippen molar-refractivity contribution in [2.45, 2.75) is 18.8 Å². The number of aliphatic hydroxyl groups is 1. The first-order valence-corrected chi connectivity index (χ1v) is 5.97. The Morgan fingerprint density at radius 1 is 1.00 bits per heavy atom. The quantitative estimate of drug-likeness (QED) is 0.824. The summed E-state index contributed by atoms with van der Waals surface area (Å²) in [6.07, 6.45) is -0.568. The highest BCUT2D eigenvalue weighted by Crippen LogP contribution is 2.27. The van der Waals surface area contributed by atoms with Crippen LogP contribution < -0.4 is 0 Å². The number of benzene rings is 2. The lowest BCUT2D eigenvalue weighted by Gasteiger charge is -2.19. The van der Waals surface area contributed by atoms with Crippen LogP contribution in [0.3, 0.4) is 0 Å². The van der Waals surface area contributed by atoms with Gasteiger partial charge in [-0.2, -0.15) is 0 Å². The van der Waals surface area contributed by atoms with Crippen LogP contribution in [0.2, 0.25) is 0 Å². The molecule has 0 fully saturated rings. The van der Waals surface area contributed by atoms with Crippen LogP contribution in [0.5, 0.6) is 0 Å². The third-order valence-electron chi connectivity index (χ3n) is 3.12. The Bertz CT molecular complexity index is 501. The first-order chi connectivity index (χ1) is 8.76. The predicted molar refractivity (Wildman–Crippen MR) is 71.3 cm³/mol. The standard InChI is InChI=1S/C15H18O3/c1-17-15(18-2)10-14(16)13-9-5-7-11-6-3-4-8-12(11)13/h3-9,14-16H,10H2,1-2H3/t14-/m1/s1. The minimum Gasteiger partial charge on any atom is -0.388 e. The second-order valence-electron chi connectivity index (χ2n) is 4.22. The highest BCUT2D eigenvalue weighted by atomic mass is 16.7. The third kappa shape index (κ3) is 2.70. The maximum absolute atomic E-state index is 10.3. The second kappa shape index (κ2) is 5.96. The summed E-state index contributed by atoms with van der Waals surface area (Å²) in [5.41, 5.74) is 0.909. The van der Waals surface area contributed by atoms with Gasteiger partial charge in [0.2, 0.25) is 0 Å². The van der Waals surface area contributed by atoms with Crippen LogP contribution in [0, 0.1) is 0 Å². The Labute approximate surface area is 107 Å². The van der Waals surface area contributed by atoms with Crippen molar-refractivity contribution in [1.82, 2.24) is 0 Å². The molecule has 0 saturated heterocycles. The number of hydrogen-bond acceptors (Lipinski definition) is 3. The zero-order valence-corrected chi connectivity index (χ0v) is 10.7. The topological polar surface area (TPSA) is 38.7 Å². The van der Waals surface area contributed by atoms with E-state index in [9.17, 15) is 5.11 Å². The normalized spacial score (nSPS) is 13.1. The average Bonchev–Trinajstić information content (AvgIpc) is 2.43. The van der Waals surface area contributed by atoms with E-state index in [0.717, 1.165) is 16.3 Å². The van der Waals surface area contributed by atoms with E-state index in [1.807, 2.05) is 42.5 Å². The zero-order valence-electron chi connectivity index (χ0n) is 10.7. The van der Waals surface area contributed by atoms with Gasteiger partial charge in [-0.1, -0.05) is 42.5 Å². The molecular formula is C15H18O3. The molecule has 0 aromatic heterocycles. The molecule has 0 amide bonds. The molecule has 1 atom stereocenters. The van der Waals surface area contributed by atoms with Gasteiger partial charge < -0.3 is 14.6 Å². The minimum atomic E-state index is -0.596. The average molecular weight is 246 g/mol. The summed E-state index contributed by atoms with van der Waals surface area (Å²) in [5.74, 6) is 0. The van der Waals surface area contributed by atoms with Crippen molar-refractivity contribution < 1.29 is 14.6 Å². The lowest BCUT2D eigenvalue weighted by molar-refractivity contribution is -0.122. The summed E-state index contributed by atoms with van der Waals surface area (Å²) < 4.78 is 10.2. The maximum atomic E-state index is 10.3. The lowest BCUT2D eigenvalue weighted by Crippen LogP contribution is -2.17. The number of fused-ring (bicyclic) bond motifs is 1. The minimum absolute atomic E-state index is 0.390. The Kier molecular flexibility index (Phi) is 4.31. The van der Waals surface area contributed by atoms with E-state index in [-0.39, 0.29) is 6.29 Å². The van der Waals surface area contributed by atoms with Crippen molar-refractivity contribution in [3.63, 3.8) is 0 Å². The lowest BCUT2D eigenvalue weighted by atomic mass is 9.98. The predicted octanol–water partition coefficient (Wildman–Crippen LogP) is 2.88. The molecule has 3 nitrogen and oxygen atoms in total. The molecule has 2 aromatic rings. The molecule has 0 aliphatic heterocycles. The Morgan fingerprint density at radius 2 is 1.67 bits per heavy atom. The van der Waals surface area contributed by atoms with Gasteiger partial charge in [-0.3, -0.25) is 0 Å². The molecule has 2 aromatic carbocycles. The molecule has 96 valence electrons. The Morgan fingerprint density at radius 3 is 2.39 bits per heavy atom. The van der Waals surface area contributed by atoms with Crippen LogP contribution >= 0.6 is 0 Å². The molecule has 1 N–H and O–H groups in total.